The predicted octanol–water partition coefficient (Wildman–Crippen LogP) is 3.30. The molecule has 0 bridgehead atoms. The van der Waals surface area contributed by atoms with Crippen LogP contribution < -0.4 is 10.9 Å². The van der Waals surface area contributed by atoms with Crippen LogP contribution >= 0.6 is 35.1 Å². The molecule has 8 heteroatoms. The first-order valence-corrected chi connectivity index (χ1v) is 9.88. The van der Waals surface area contributed by atoms with Gasteiger partial charge in [-0.05, 0) is 31.2 Å². The average molecular weight is 382 g/mol. The molecule has 1 aromatic carbocycles. The predicted molar refractivity (Wildman–Crippen MR) is 99.4 cm³/mol. The van der Waals surface area contributed by atoms with E-state index in [0.717, 1.165) is 22.8 Å². The van der Waals surface area contributed by atoms with Crippen molar-refractivity contribution in [3.63, 3.8) is 0 Å². The first kappa shape index (κ1) is 17.4. The molecule has 1 aromatic heterocycles. The Bertz CT molecular complexity index is 821. The van der Waals surface area contributed by atoms with Crippen LogP contribution in [-0.2, 0) is 17.8 Å². The van der Waals surface area contributed by atoms with Crippen molar-refractivity contribution in [1.29, 1.82) is 0 Å². The van der Waals surface area contributed by atoms with Crippen LogP contribution in [0.3, 0.4) is 0 Å². The summed E-state index contributed by atoms with van der Waals surface area (Å²) in [4.78, 5) is 29.9. The Labute approximate surface area is 153 Å². The number of carbonyl (C=O) groups is 1. The number of rotatable bonds is 5. The van der Waals surface area contributed by atoms with Crippen LogP contribution in [0.1, 0.15) is 12.6 Å². The number of aromatic nitrogens is 2. The van der Waals surface area contributed by atoms with Gasteiger partial charge in [-0.2, -0.15) is 0 Å². The summed E-state index contributed by atoms with van der Waals surface area (Å²) in [6.45, 7) is 2.45. The fourth-order valence-corrected chi connectivity index (χ4v) is 4.42. The van der Waals surface area contributed by atoms with Crippen LogP contribution in [0, 0.1) is 0 Å². The van der Waals surface area contributed by atoms with Gasteiger partial charge in [-0.25, -0.2) is 4.98 Å². The number of amides is 1. The van der Waals surface area contributed by atoms with E-state index in [1.807, 2.05) is 6.92 Å². The highest BCUT2D eigenvalue weighted by Gasteiger charge is 2.21. The molecule has 2 aromatic rings. The molecule has 3 rings (SSSR count). The van der Waals surface area contributed by atoms with Crippen LogP contribution in [-0.4, -0.2) is 27.0 Å². The van der Waals surface area contributed by atoms with Gasteiger partial charge in [-0.15, -0.1) is 11.8 Å². The van der Waals surface area contributed by atoms with E-state index in [4.69, 9.17) is 11.6 Å². The third-order valence-corrected chi connectivity index (χ3v) is 5.86. The van der Waals surface area contributed by atoms with E-state index < -0.39 is 0 Å². The summed E-state index contributed by atoms with van der Waals surface area (Å²) < 4.78 is 1.64. The second kappa shape index (κ2) is 7.63. The lowest BCUT2D eigenvalue weighted by atomic mass is 10.3. The minimum Gasteiger partial charge on any atom is -0.325 e. The molecule has 1 aliphatic rings. The van der Waals surface area contributed by atoms with Crippen LogP contribution in [0.4, 0.5) is 5.69 Å². The summed E-state index contributed by atoms with van der Waals surface area (Å²) in [6, 6.07) is 6.94. The first-order chi connectivity index (χ1) is 11.6. The molecule has 0 atom stereocenters. The molecule has 0 saturated carbocycles. The first-order valence-electron chi connectivity index (χ1n) is 7.53. The summed E-state index contributed by atoms with van der Waals surface area (Å²) in [5.74, 6) is 0.946. The number of hydrogen-bond acceptors (Lipinski definition) is 5. The molecule has 0 fully saturated rings. The number of hydrogen-bond donors (Lipinski definition) is 1. The fraction of sp³-hybridized carbons (Fsp3) is 0.312. The maximum Gasteiger partial charge on any atom is 0.268 e. The zero-order valence-electron chi connectivity index (χ0n) is 13.0. The molecule has 126 valence electrons. The highest BCUT2D eigenvalue weighted by atomic mass is 35.5. The van der Waals surface area contributed by atoms with Gasteiger partial charge in [0.05, 0.1) is 16.3 Å². The third kappa shape index (κ3) is 3.79. The largest absolute Gasteiger partial charge is 0.325 e. The molecule has 1 N–H and O–H groups in total. The van der Waals surface area contributed by atoms with E-state index >= 15 is 0 Å². The number of nitrogens with zero attached hydrogens (tertiary/aromatic N) is 2. The summed E-state index contributed by atoms with van der Waals surface area (Å²) in [5.41, 5.74) is 1.55. The Balaban J connectivity index is 1.70. The second-order valence-electron chi connectivity index (χ2n) is 5.16. The number of thioether (sulfide) groups is 2. The maximum absolute atomic E-state index is 12.5. The molecule has 0 radical (unpaired) electrons. The van der Waals surface area contributed by atoms with E-state index in [0.29, 0.717) is 22.4 Å². The Morgan fingerprint density at radius 2 is 2.17 bits per heavy atom. The van der Waals surface area contributed by atoms with E-state index in [1.54, 1.807) is 40.6 Å². The van der Waals surface area contributed by atoms with E-state index in [2.05, 4.69) is 10.3 Å². The van der Waals surface area contributed by atoms with Crippen molar-refractivity contribution >= 4 is 46.7 Å². The Morgan fingerprint density at radius 1 is 1.42 bits per heavy atom. The van der Waals surface area contributed by atoms with Crippen LogP contribution in [0.2, 0.25) is 5.02 Å². The Hall–Kier alpha value is -1.44. The zero-order chi connectivity index (χ0) is 17.1. The van der Waals surface area contributed by atoms with Gasteiger partial charge in [0, 0.05) is 29.4 Å². The van der Waals surface area contributed by atoms with Gasteiger partial charge < -0.3 is 5.32 Å². The van der Waals surface area contributed by atoms with Crippen molar-refractivity contribution < 1.29 is 4.79 Å². The van der Waals surface area contributed by atoms with Crippen LogP contribution in [0.25, 0.3) is 0 Å². The molecule has 2 heterocycles. The minimum atomic E-state index is -0.144. The number of halogens is 1. The van der Waals surface area contributed by atoms with Crippen molar-refractivity contribution in [1.82, 2.24) is 9.55 Å². The van der Waals surface area contributed by atoms with Crippen LogP contribution in [0.5, 0.6) is 0 Å². The fourth-order valence-electron chi connectivity index (χ4n) is 2.37. The van der Waals surface area contributed by atoms with Crippen molar-refractivity contribution in [2.45, 2.75) is 29.9 Å². The lowest BCUT2D eigenvalue weighted by Crippen LogP contribution is -2.25. The summed E-state index contributed by atoms with van der Waals surface area (Å²) in [6.07, 6.45) is 0.810. The SMILES string of the molecule is CCn1c(SCC(=O)Nc2ccc(Cl)cc2)nc2c(c1=O)SCC2. The molecular formula is C16H16ClN3O2S2. The molecule has 1 aliphatic heterocycles. The van der Waals surface area contributed by atoms with Crippen molar-refractivity contribution in [2.24, 2.45) is 0 Å². The monoisotopic (exact) mass is 381 g/mol. The molecule has 5 nitrogen and oxygen atoms in total. The number of nitrogens with one attached hydrogen (secondary N) is 1. The number of carbonyl (C=O) groups excluding carboxylic acids is 1. The highest BCUT2D eigenvalue weighted by Crippen LogP contribution is 2.28. The quantitative estimate of drug-likeness (QED) is 0.636. The minimum absolute atomic E-state index is 0.00519. The summed E-state index contributed by atoms with van der Waals surface area (Å²) in [7, 11) is 0. The Morgan fingerprint density at radius 3 is 2.88 bits per heavy atom. The molecule has 1 amide bonds. The van der Waals surface area contributed by atoms with Crippen LogP contribution in [0.15, 0.2) is 39.1 Å². The van der Waals surface area contributed by atoms with Gasteiger partial charge in [-0.1, -0.05) is 23.4 Å². The molecule has 0 unspecified atom stereocenters. The topological polar surface area (TPSA) is 64.0 Å². The van der Waals surface area contributed by atoms with Crippen molar-refractivity contribution in [3.05, 3.63) is 45.3 Å². The van der Waals surface area contributed by atoms with Crippen molar-refractivity contribution in [3.8, 4) is 0 Å². The van der Waals surface area contributed by atoms with Gasteiger partial charge in [-0.3, -0.25) is 14.2 Å². The average Bonchev–Trinajstić information content (AvgIpc) is 3.04. The van der Waals surface area contributed by atoms with Gasteiger partial charge in [0.25, 0.3) is 5.56 Å². The zero-order valence-corrected chi connectivity index (χ0v) is 15.4. The smallest absolute Gasteiger partial charge is 0.268 e. The molecule has 0 aliphatic carbocycles. The third-order valence-electron chi connectivity index (χ3n) is 3.52. The summed E-state index contributed by atoms with van der Waals surface area (Å²) in [5, 5.41) is 4.03. The molecular weight excluding hydrogens is 366 g/mol. The highest BCUT2D eigenvalue weighted by molar-refractivity contribution is 8.00. The maximum atomic E-state index is 12.5. The van der Waals surface area contributed by atoms with Gasteiger partial charge >= 0.3 is 0 Å². The van der Waals surface area contributed by atoms with Crippen molar-refractivity contribution in [2.75, 3.05) is 16.8 Å². The standard InChI is InChI=1S/C16H16ClN3O2S2/c1-2-20-15(22)14-12(7-8-23-14)19-16(20)24-9-13(21)18-11-5-3-10(17)4-6-11/h3-6H,2,7-9H2,1H3,(H,18,21). The number of anilines is 1. The summed E-state index contributed by atoms with van der Waals surface area (Å²) >= 11 is 8.68. The molecule has 0 saturated heterocycles. The normalized spacial score (nSPS) is 12.9. The van der Waals surface area contributed by atoms with E-state index in [1.165, 1.54) is 11.8 Å². The van der Waals surface area contributed by atoms with E-state index in [-0.39, 0.29) is 17.2 Å². The number of fused-ring (bicyclic) bond motifs is 1. The second-order valence-corrected chi connectivity index (χ2v) is 7.65. The van der Waals surface area contributed by atoms with E-state index in [9.17, 15) is 9.59 Å². The number of benzene rings is 1. The molecule has 0 spiro atoms. The molecule has 24 heavy (non-hydrogen) atoms. The van der Waals surface area contributed by atoms with Gasteiger partial charge in [0.1, 0.15) is 0 Å². The lowest BCUT2D eigenvalue weighted by molar-refractivity contribution is -0.113. The number of aryl methyl sites for hydroxylation is 1. The Kier molecular flexibility index (Phi) is 5.53. The van der Waals surface area contributed by atoms with Gasteiger partial charge in [0.2, 0.25) is 5.91 Å². The lowest BCUT2D eigenvalue weighted by Gasteiger charge is -2.11. The van der Waals surface area contributed by atoms with Gasteiger partial charge in [0.15, 0.2) is 5.16 Å².